The van der Waals surface area contributed by atoms with E-state index in [1.807, 2.05) is 11.8 Å². The zero-order valence-electron chi connectivity index (χ0n) is 19.5. The molecule has 2 heteroatoms. The highest BCUT2D eigenvalue weighted by Gasteiger charge is 2.50. The number of allylic oxidation sites excluding steroid dienone is 4. The summed E-state index contributed by atoms with van der Waals surface area (Å²) in [7, 11) is 0. The molecule has 168 valence electrons. The van der Waals surface area contributed by atoms with E-state index in [4.69, 9.17) is 0 Å². The van der Waals surface area contributed by atoms with Crippen molar-refractivity contribution >= 4 is 11.8 Å². The highest BCUT2D eigenvalue weighted by atomic mass is 32.2. The first-order valence-corrected chi connectivity index (χ1v) is 13.4. The number of rotatable bonds is 6. The number of benzene rings is 1. The van der Waals surface area contributed by atoms with Crippen molar-refractivity contribution < 1.29 is 5.11 Å². The quantitative estimate of drug-likeness (QED) is 0.456. The number of thioether (sulfide) groups is 1. The number of hydrogen-bond acceptors (Lipinski definition) is 2. The van der Waals surface area contributed by atoms with Crippen molar-refractivity contribution in [1.29, 1.82) is 0 Å². The van der Waals surface area contributed by atoms with E-state index < -0.39 is 0 Å². The van der Waals surface area contributed by atoms with Gasteiger partial charge in [0.05, 0.1) is 6.10 Å². The second-order valence-electron chi connectivity index (χ2n) is 10.5. The predicted octanol–water partition coefficient (Wildman–Crippen LogP) is 7.98. The zero-order chi connectivity index (χ0) is 21.8. The Morgan fingerprint density at radius 1 is 1.16 bits per heavy atom. The summed E-state index contributed by atoms with van der Waals surface area (Å²) in [5, 5.41) is 10.1. The van der Waals surface area contributed by atoms with Crippen molar-refractivity contribution in [3.63, 3.8) is 0 Å². The molecule has 0 aromatic heterocycles. The maximum absolute atomic E-state index is 10.1. The summed E-state index contributed by atoms with van der Waals surface area (Å²) in [6.45, 7) is 9.36. The van der Waals surface area contributed by atoms with Crippen LogP contribution in [0.15, 0.2) is 70.7 Å². The zero-order valence-corrected chi connectivity index (χ0v) is 20.3. The summed E-state index contributed by atoms with van der Waals surface area (Å²) in [6, 6.07) is 10.8. The summed E-state index contributed by atoms with van der Waals surface area (Å²) >= 11 is 2.01. The van der Waals surface area contributed by atoms with Crippen LogP contribution >= 0.6 is 11.8 Å². The maximum atomic E-state index is 10.1. The molecule has 5 atom stereocenters. The van der Waals surface area contributed by atoms with E-state index in [1.165, 1.54) is 60.3 Å². The highest BCUT2D eigenvalue weighted by Crippen LogP contribution is 2.59. The van der Waals surface area contributed by atoms with Crippen molar-refractivity contribution in [3.8, 4) is 0 Å². The molecular formula is C29H40OS. The fourth-order valence-corrected chi connectivity index (χ4v) is 7.76. The van der Waals surface area contributed by atoms with Gasteiger partial charge in [-0.1, -0.05) is 61.9 Å². The van der Waals surface area contributed by atoms with Gasteiger partial charge in [-0.2, -0.15) is 0 Å². The van der Waals surface area contributed by atoms with Gasteiger partial charge in [0, 0.05) is 4.90 Å². The first kappa shape index (κ1) is 22.9. The van der Waals surface area contributed by atoms with Gasteiger partial charge in [-0.3, -0.25) is 0 Å². The fraction of sp³-hybridized carbons (Fsp3) is 0.586. The molecule has 0 amide bonds. The molecule has 1 N–H and O–H groups in total. The smallest absolute Gasteiger partial charge is 0.0583 e. The predicted molar refractivity (Wildman–Crippen MR) is 134 cm³/mol. The van der Waals surface area contributed by atoms with Crippen LogP contribution in [0.5, 0.6) is 0 Å². The minimum atomic E-state index is -0.183. The molecule has 0 spiro atoms. The van der Waals surface area contributed by atoms with Crippen molar-refractivity contribution in [3.05, 3.63) is 65.8 Å². The Morgan fingerprint density at radius 3 is 2.77 bits per heavy atom. The molecule has 0 bridgehead atoms. The lowest BCUT2D eigenvalue weighted by atomic mass is 9.61. The maximum Gasteiger partial charge on any atom is 0.0583 e. The summed E-state index contributed by atoms with van der Waals surface area (Å²) in [4.78, 5) is 1.40. The van der Waals surface area contributed by atoms with Gasteiger partial charge in [0.1, 0.15) is 0 Å². The Hall–Kier alpha value is -1.25. The van der Waals surface area contributed by atoms with E-state index in [0.717, 1.165) is 37.0 Å². The van der Waals surface area contributed by atoms with Gasteiger partial charge in [0.25, 0.3) is 0 Å². The molecule has 3 saturated carbocycles. The fourth-order valence-electron chi connectivity index (χ4n) is 6.69. The van der Waals surface area contributed by atoms with Crippen molar-refractivity contribution in [2.45, 2.75) is 82.6 Å². The lowest BCUT2D eigenvalue weighted by Gasteiger charge is -2.44. The summed E-state index contributed by atoms with van der Waals surface area (Å²) in [5.41, 5.74) is 4.64. The minimum Gasteiger partial charge on any atom is -0.393 e. The van der Waals surface area contributed by atoms with Crippen LogP contribution in [-0.2, 0) is 0 Å². The molecule has 0 aliphatic heterocycles. The Morgan fingerprint density at radius 2 is 1.97 bits per heavy atom. The lowest BCUT2D eigenvalue weighted by molar-refractivity contribution is 0.0965. The van der Waals surface area contributed by atoms with Crippen molar-refractivity contribution in [1.82, 2.24) is 0 Å². The second kappa shape index (κ2) is 10.1. The third-order valence-corrected chi connectivity index (χ3v) is 9.54. The van der Waals surface area contributed by atoms with Crippen LogP contribution in [0.4, 0.5) is 0 Å². The highest BCUT2D eigenvalue weighted by molar-refractivity contribution is 7.99. The molecule has 0 saturated heterocycles. The Bertz CT molecular complexity index is 822. The molecular weight excluding hydrogens is 396 g/mol. The van der Waals surface area contributed by atoms with E-state index in [-0.39, 0.29) is 6.10 Å². The average molecular weight is 437 g/mol. The average Bonchev–Trinajstić information content (AvgIpc) is 3.12. The summed E-state index contributed by atoms with van der Waals surface area (Å²) in [6.07, 6.45) is 15.2. The molecule has 3 aliphatic carbocycles. The van der Waals surface area contributed by atoms with Gasteiger partial charge < -0.3 is 5.11 Å². The van der Waals surface area contributed by atoms with E-state index >= 15 is 0 Å². The van der Waals surface area contributed by atoms with E-state index in [2.05, 4.69) is 62.9 Å². The third kappa shape index (κ3) is 5.22. The van der Waals surface area contributed by atoms with Gasteiger partial charge in [-0.15, -0.1) is 11.8 Å². The topological polar surface area (TPSA) is 20.2 Å². The van der Waals surface area contributed by atoms with Gasteiger partial charge >= 0.3 is 0 Å². The minimum absolute atomic E-state index is 0.183. The van der Waals surface area contributed by atoms with Crippen LogP contribution in [0, 0.1) is 23.2 Å². The van der Waals surface area contributed by atoms with Crippen LogP contribution in [-0.4, -0.2) is 17.0 Å². The van der Waals surface area contributed by atoms with Crippen molar-refractivity contribution in [2.75, 3.05) is 5.75 Å². The monoisotopic (exact) mass is 436 g/mol. The standard InChI is InChI=1S/C29H40OS/c1-21-11-14-25(30)20-24(21)13-12-23-8-7-18-29(3)27(15-16-28(23)29)22(2)17-19-31-26-9-5-4-6-10-26/h4-6,9-10,12-13,22,25,27-28,30H,1,7-8,11,14-20H2,2-3H3/b23-12+,24-13-. The Kier molecular flexibility index (Phi) is 7.49. The van der Waals surface area contributed by atoms with E-state index in [9.17, 15) is 5.11 Å². The van der Waals surface area contributed by atoms with Gasteiger partial charge in [-0.25, -0.2) is 0 Å². The van der Waals surface area contributed by atoms with Crippen LogP contribution in [0.3, 0.4) is 0 Å². The molecule has 3 fully saturated rings. The third-order valence-electron chi connectivity index (χ3n) is 8.50. The number of aliphatic hydroxyl groups excluding tert-OH is 1. The SMILES string of the molecule is C=C1CCC(O)C/C1=C/C=C1\CCCC2(C)C1CCC2C(C)CCSc1ccccc1. The summed E-state index contributed by atoms with van der Waals surface area (Å²) < 4.78 is 0. The summed E-state index contributed by atoms with van der Waals surface area (Å²) in [5.74, 6) is 3.60. The van der Waals surface area contributed by atoms with Gasteiger partial charge in [0.15, 0.2) is 0 Å². The molecule has 3 aliphatic rings. The number of hydrogen-bond donors (Lipinski definition) is 1. The number of fused-ring (bicyclic) bond motifs is 1. The van der Waals surface area contributed by atoms with Gasteiger partial charge in [-0.05, 0) is 104 Å². The molecule has 1 aromatic rings. The molecule has 0 radical (unpaired) electrons. The second-order valence-corrected chi connectivity index (χ2v) is 11.6. The molecule has 1 aromatic carbocycles. The molecule has 5 unspecified atom stereocenters. The van der Waals surface area contributed by atoms with E-state index in [1.54, 1.807) is 5.57 Å². The van der Waals surface area contributed by atoms with Crippen LogP contribution in [0.2, 0.25) is 0 Å². The van der Waals surface area contributed by atoms with E-state index in [0.29, 0.717) is 5.41 Å². The Labute approximate surface area is 194 Å². The van der Waals surface area contributed by atoms with Crippen LogP contribution in [0.1, 0.15) is 71.6 Å². The van der Waals surface area contributed by atoms with Gasteiger partial charge in [0.2, 0.25) is 0 Å². The molecule has 4 rings (SSSR count). The lowest BCUT2D eigenvalue weighted by Crippen LogP contribution is -2.36. The normalized spacial score (nSPS) is 34.8. The molecule has 0 heterocycles. The largest absolute Gasteiger partial charge is 0.393 e. The number of aliphatic hydroxyl groups is 1. The molecule has 31 heavy (non-hydrogen) atoms. The molecule has 1 nitrogen and oxygen atoms in total. The first-order chi connectivity index (χ1) is 15.0. The first-order valence-electron chi connectivity index (χ1n) is 12.4. The van der Waals surface area contributed by atoms with Crippen LogP contribution in [0.25, 0.3) is 0 Å². The van der Waals surface area contributed by atoms with Crippen LogP contribution < -0.4 is 0 Å². The van der Waals surface area contributed by atoms with Crippen molar-refractivity contribution in [2.24, 2.45) is 23.2 Å². The Balaban J connectivity index is 1.40.